The van der Waals surface area contributed by atoms with Crippen LogP contribution in [0.25, 0.3) is 0 Å². The number of hydrogen-bond donors (Lipinski definition) is 3. The zero-order valence-corrected chi connectivity index (χ0v) is 17.6. The molecule has 1 aliphatic rings. The van der Waals surface area contributed by atoms with Crippen molar-refractivity contribution in [1.29, 1.82) is 0 Å². The number of benzene rings is 1. The molecule has 2 amide bonds. The van der Waals surface area contributed by atoms with Gasteiger partial charge in [0.1, 0.15) is 0 Å². The molecule has 0 radical (unpaired) electrons. The number of furan rings is 1. The van der Waals surface area contributed by atoms with Crippen LogP contribution >= 0.6 is 0 Å². The van der Waals surface area contributed by atoms with E-state index in [9.17, 15) is 9.59 Å². The summed E-state index contributed by atoms with van der Waals surface area (Å²) >= 11 is 0. The normalized spacial score (nSPS) is 16.6. The van der Waals surface area contributed by atoms with Gasteiger partial charge in [-0.2, -0.15) is 0 Å². The summed E-state index contributed by atoms with van der Waals surface area (Å²) in [6.45, 7) is 5.85. The SMILES string of the molecule is CN=C(NCc1cccc(NC(=O)c2ccco2)c1)NC1CCN(C(=O)C(C)C)C1. The molecular weight excluding hydrogens is 382 g/mol. The Labute approximate surface area is 176 Å². The minimum atomic E-state index is -0.288. The van der Waals surface area contributed by atoms with Crippen LogP contribution in [0.5, 0.6) is 0 Å². The molecule has 3 N–H and O–H groups in total. The van der Waals surface area contributed by atoms with Crippen molar-refractivity contribution in [3.63, 3.8) is 0 Å². The summed E-state index contributed by atoms with van der Waals surface area (Å²) in [7, 11) is 1.72. The van der Waals surface area contributed by atoms with E-state index in [1.165, 1.54) is 6.26 Å². The Morgan fingerprint density at radius 2 is 2.10 bits per heavy atom. The molecule has 1 unspecified atom stereocenters. The second-order valence-corrected chi connectivity index (χ2v) is 7.63. The first-order valence-electron chi connectivity index (χ1n) is 10.2. The predicted molar refractivity (Wildman–Crippen MR) is 116 cm³/mol. The van der Waals surface area contributed by atoms with Gasteiger partial charge in [0.15, 0.2) is 11.7 Å². The fourth-order valence-electron chi connectivity index (χ4n) is 3.38. The lowest BCUT2D eigenvalue weighted by Crippen LogP contribution is -2.45. The maximum Gasteiger partial charge on any atom is 0.291 e. The summed E-state index contributed by atoms with van der Waals surface area (Å²) in [5, 5.41) is 9.51. The van der Waals surface area contributed by atoms with Crippen LogP contribution in [0.2, 0.25) is 0 Å². The van der Waals surface area contributed by atoms with E-state index in [1.54, 1.807) is 19.2 Å². The summed E-state index contributed by atoms with van der Waals surface area (Å²) < 4.78 is 5.12. The molecule has 3 rings (SSSR count). The minimum Gasteiger partial charge on any atom is -0.459 e. The van der Waals surface area contributed by atoms with Crippen LogP contribution in [0, 0.1) is 5.92 Å². The lowest BCUT2D eigenvalue weighted by Gasteiger charge is -2.20. The number of carbonyl (C=O) groups excluding carboxylic acids is 2. The maximum atomic E-state index is 12.2. The predicted octanol–water partition coefficient (Wildman–Crippen LogP) is 2.45. The number of aliphatic imine (C=N–C) groups is 1. The highest BCUT2D eigenvalue weighted by Gasteiger charge is 2.27. The summed E-state index contributed by atoms with van der Waals surface area (Å²) in [6, 6.07) is 11.1. The van der Waals surface area contributed by atoms with Crippen LogP contribution in [-0.2, 0) is 11.3 Å². The fourth-order valence-corrected chi connectivity index (χ4v) is 3.38. The topological polar surface area (TPSA) is 99.0 Å². The van der Waals surface area contributed by atoms with Gasteiger partial charge in [0.05, 0.1) is 6.26 Å². The summed E-state index contributed by atoms with van der Waals surface area (Å²) in [5.41, 5.74) is 1.69. The Kier molecular flexibility index (Phi) is 7.11. The summed E-state index contributed by atoms with van der Waals surface area (Å²) in [4.78, 5) is 30.5. The second-order valence-electron chi connectivity index (χ2n) is 7.63. The molecule has 2 heterocycles. The Bertz CT molecular complexity index is 892. The van der Waals surface area contributed by atoms with Gasteiger partial charge in [0, 0.05) is 44.3 Å². The van der Waals surface area contributed by atoms with Gasteiger partial charge < -0.3 is 25.3 Å². The summed E-state index contributed by atoms with van der Waals surface area (Å²) in [5.74, 6) is 0.871. The van der Waals surface area contributed by atoms with Crippen molar-refractivity contribution in [3.8, 4) is 0 Å². The Hall–Kier alpha value is -3.29. The molecule has 8 nitrogen and oxygen atoms in total. The van der Waals surface area contributed by atoms with Gasteiger partial charge in [-0.25, -0.2) is 0 Å². The fraction of sp³-hybridized carbons (Fsp3) is 0.409. The van der Waals surface area contributed by atoms with E-state index < -0.39 is 0 Å². The first-order chi connectivity index (χ1) is 14.5. The Morgan fingerprint density at radius 1 is 1.27 bits per heavy atom. The molecular formula is C22H29N5O3. The number of nitrogens with zero attached hydrogens (tertiary/aromatic N) is 2. The molecule has 1 fully saturated rings. The van der Waals surface area contributed by atoms with E-state index in [4.69, 9.17) is 4.42 Å². The van der Waals surface area contributed by atoms with E-state index in [0.29, 0.717) is 24.7 Å². The van der Waals surface area contributed by atoms with Crippen molar-refractivity contribution in [1.82, 2.24) is 15.5 Å². The third-order valence-corrected chi connectivity index (χ3v) is 4.95. The highest BCUT2D eigenvalue weighted by Crippen LogP contribution is 2.14. The van der Waals surface area contributed by atoms with E-state index in [0.717, 1.165) is 18.5 Å². The van der Waals surface area contributed by atoms with Crippen molar-refractivity contribution in [2.24, 2.45) is 10.9 Å². The van der Waals surface area contributed by atoms with Crippen molar-refractivity contribution < 1.29 is 14.0 Å². The molecule has 0 saturated carbocycles. The Morgan fingerprint density at radius 3 is 2.80 bits per heavy atom. The first kappa shape index (κ1) is 21.4. The van der Waals surface area contributed by atoms with Crippen molar-refractivity contribution >= 4 is 23.5 Å². The van der Waals surface area contributed by atoms with Crippen molar-refractivity contribution in [2.75, 3.05) is 25.5 Å². The molecule has 1 atom stereocenters. The summed E-state index contributed by atoms with van der Waals surface area (Å²) in [6.07, 6.45) is 2.36. The number of guanidine groups is 1. The number of nitrogens with one attached hydrogen (secondary N) is 3. The van der Waals surface area contributed by atoms with Gasteiger partial charge in [-0.1, -0.05) is 26.0 Å². The number of amides is 2. The van der Waals surface area contributed by atoms with Crippen LogP contribution in [0.3, 0.4) is 0 Å². The average Bonchev–Trinajstić information content (AvgIpc) is 3.43. The molecule has 1 aliphatic heterocycles. The monoisotopic (exact) mass is 411 g/mol. The van der Waals surface area contributed by atoms with Gasteiger partial charge in [-0.05, 0) is 36.2 Å². The quantitative estimate of drug-likeness (QED) is 0.501. The zero-order chi connectivity index (χ0) is 21.5. The molecule has 0 aliphatic carbocycles. The molecule has 30 heavy (non-hydrogen) atoms. The van der Waals surface area contributed by atoms with Gasteiger partial charge in [-0.15, -0.1) is 0 Å². The third kappa shape index (κ3) is 5.62. The molecule has 0 bridgehead atoms. The van der Waals surface area contributed by atoms with E-state index in [-0.39, 0.29) is 29.5 Å². The van der Waals surface area contributed by atoms with Gasteiger partial charge >= 0.3 is 0 Å². The lowest BCUT2D eigenvalue weighted by molar-refractivity contribution is -0.133. The highest BCUT2D eigenvalue weighted by molar-refractivity contribution is 6.02. The molecule has 2 aromatic rings. The van der Waals surface area contributed by atoms with Gasteiger partial charge in [0.25, 0.3) is 5.91 Å². The number of rotatable bonds is 6. The van der Waals surface area contributed by atoms with Crippen molar-refractivity contribution in [3.05, 3.63) is 54.0 Å². The first-order valence-corrected chi connectivity index (χ1v) is 10.2. The average molecular weight is 412 g/mol. The van der Waals surface area contributed by atoms with E-state index >= 15 is 0 Å². The second kappa shape index (κ2) is 9.96. The smallest absolute Gasteiger partial charge is 0.291 e. The van der Waals surface area contributed by atoms with Gasteiger partial charge in [-0.3, -0.25) is 14.6 Å². The largest absolute Gasteiger partial charge is 0.459 e. The minimum absolute atomic E-state index is 0.0155. The number of likely N-dealkylation sites (tertiary alicyclic amines) is 1. The van der Waals surface area contributed by atoms with Crippen LogP contribution in [-0.4, -0.2) is 48.9 Å². The van der Waals surface area contributed by atoms with Crippen molar-refractivity contribution in [2.45, 2.75) is 32.9 Å². The van der Waals surface area contributed by atoms with Crippen LogP contribution in [0.4, 0.5) is 5.69 Å². The molecule has 1 aromatic carbocycles. The number of carbonyl (C=O) groups is 2. The Balaban J connectivity index is 1.50. The maximum absolute atomic E-state index is 12.2. The lowest BCUT2D eigenvalue weighted by atomic mass is 10.2. The molecule has 1 aromatic heterocycles. The molecule has 1 saturated heterocycles. The van der Waals surface area contributed by atoms with E-state index in [1.807, 2.05) is 43.0 Å². The number of anilines is 1. The highest BCUT2D eigenvalue weighted by atomic mass is 16.3. The third-order valence-electron chi connectivity index (χ3n) is 4.95. The van der Waals surface area contributed by atoms with E-state index in [2.05, 4.69) is 20.9 Å². The van der Waals surface area contributed by atoms with Gasteiger partial charge in [0.2, 0.25) is 5.91 Å². The van der Waals surface area contributed by atoms with Crippen LogP contribution in [0.1, 0.15) is 36.4 Å². The molecule has 160 valence electrons. The standard InChI is InChI=1S/C22H29N5O3/c1-15(2)21(29)27-10-9-18(14-27)26-22(23-3)24-13-16-6-4-7-17(12-16)25-20(28)19-8-5-11-30-19/h4-8,11-12,15,18H,9-10,13-14H2,1-3H3,(H,25,28)(H2,23,24,26). The molecule has 8 heteroatoms. The van der Waals surface area contributed by atoms with Crippen LogP contribution < -0.4 is 16.0 Å². The molecule has 0 spiro atoms. The zero-order valence-electron chi connectivity index (χ0n) is 17.6. The van der Waals surface area contributed by atoms with Crippen LogP contribution in [0.15, 0.2) is 52.1 Å². The number of hydrogen-bond acceptors (Lipinski definition) is 4.